The van der Waals surface area contributed by atoms with Crippen LogP contribution >= 0.6 is 15.9 Å². The molecule has 0 aliphatic heterocycles. The third-order valence-corrected chi connectivity index (χ3v) is 3.51. The molecular weight excluding hydrogens is 294 g/mol. The molecule has 0 unspecified atom stereocenters. The molecule has 2 N–H and O–H groups in total. The van der Waals surface area contributed by atoms with Crippen LogP contribution in [0.3, 0.4) is 0 Å². The molecule has 0 saturated carbocycles. The van der Waals surface area contributed by atoms with E-state index >= 15 is 0 Å². The summed E-state index contributed by atoms with van der Waals surface area (Å²) in [6, 6.07) is 5.36. The van der Waals surface area contributed by atoms with Gasteiger partial charge in [-0.25, -0.2) is 0 Å². The van der Waals surface area contributed by atoms with Gasteiger partial charge < -0.3 is 5.73 Å². The molecule has 0 bridgehead atoms. The summed E-state index contributed by atoms with van der Waals surface area (Å²) in [5.41, 5.74) is 8.44. The number of hydrogen-bond acceptors (Lipinski definition) is 3. The predicted molar refractivity (Wildman–Crippen MR) is 74.6 cm³/mol. The van der Waals surface area contributed by atoms with E-state index in [2.05, 4.69) is 21.0 Å². The smallest absolute Gasteiger partial charge is 0.212 e. The molecule has 0 atom stereocenters. The molecule has 0 saturated heterocycles. The number of aromatic nitrogens is 2. The monoisotopic (exact) mass is 307 g/mol. The molecule has 0 radical (unpaired) electrons. The van der Waals surface area contributed by atoms with Crippen molar-refractivity contribution in [3.63, 3.8) is 0 Å². The summed E-state index contributed by atoms with van der Waals surface area (Å²) >= 11 is 3.36. The summed E-state index contributed by atoms with van der Waals surface area (Å²) in [6.07, 6.45) is 1.64. The first-order valence-corrected chi connectivity index (χ1v) is 6.46. The van der Waals surface area contributed by atoms with Crippen molar-refractivity contribution >= 4 is 27.4 Å². The van der Waals surface area contributed by atoms with E-state index in [1.165, 1.54) is 0 Å². The molecule has 2 aromatic rings. The molecule has 18 heavy (non-hydrogen) atoms. The lowest BCUT2D eigenvalue weighted by Gasteiger charge is -2.09. The van der Waals surface area contributed by atoms with Gasteiger partial charge in [-0.05, 0) is 41.4 Å². The highest BCUT2D eigenvalue weighted by Gasteiger charge is 2.20. The molecular formula is C13H14BrN3O. The zero-order chi connectivity index (χ0) is 13.3. The molecule has 4 nitrogen and oxygen atoms in total. The van der Waals surface area contributed by atoms with Crippen LogP contribution in [-0.4, -0.2) is 15.6 Å². The number of nitrogens with two attached hydrogens (primary N) is 1. The Labute approximate surface area is 114 Å². The standard InChI is InChI=1S/C13H14BrN3O/c1-3-17-12(10(14)7-16-17)13(18)9-5-4-6-11(15)8(9)2/h4-7H,3,15H2,1-2H3. The van der Waals surface area contributed by atoms with E-state index < -0.39 is 0 Å². The number of benzene rings is 1. The summed E-state index contributed by atoms with van der Waals surface area (Å²) in [6.45, 7) is 4.44. The Morgan fingerprint density at radius 1 is 1.50 bits per heavy atom. The largest absolute Gasteiger partial charge is 0.398 e. The van der Waals surface area contributed by atoms with Crippen molar-refractivity contribution < 1.29 is 4.79 Å². The lowest BCUT2D eigenvalue weighted by atomic mass is 10.0. The Hall–Kier alpha value is -1.62. The second-order valence-electron chi connectivity index (χ2n) is 4.01. The Morgan fingerprint density at radius 3 is 2.89 bits per heavy atom. The average Bonchev–Trinajstić information content (AvgIpc) is 2.73. The first-order valence-electron chi connectivity index (χ1n) is 5.67. The van der Waals surface area contributed by atoms with Crippen molar-refractivity contribution in [1.82, 2.24) is 9.78 Å². The summed E-state index contributed by atoms with van der Waals surface area (Å²) in [7, 11) is 0. The third kappa shape index (κ3) is 2.06. The molecule has 5 heteroatoms. The molecule has 1 aromatic carbocycles. The van der Waals surface area contributed by atoms with Gasteiger partial charge in [0.1, 0.15) is 5.69 Å². The molecule has 0 aliphatic rings. The molecule has 94 valence electrons. The Kier molecular flexibility index (Phi) is 3.52. The van der Waals surface area contributed by atoms with Gasteiger partial charge in [0.2, 0.25) is 5.78 Å². The molecule has 1 heterocycles. The fourth-order valence-electron chi connectivity index (χ4n) is 1.86. The average molecular weight is 308 g/mol. The number of anilines is 1. The van der Waals surface area contributed by atoms with Crippen LogP contribution in [0.25, 0.3) is 0 Å². The van der Waals surface area contributed by atoms with Gasteiger partial charge in [0.05, 0.1) is 10.7 Å². The zero-order valence-electron chi connectivity index (χ0n) is 10.3. The van der Waals surface area contributed by atoms with Crippen molar-refractivity contribution in [1.29, 1.82) is 0 Å². The maximum atomic E-state index is 12.5. The predicted octanol–water partition coefficient (Wildman–Crippen LogP) is 2.79. The van der Waals surface area contributed by atoms with Crippen LogP contribution in [0.15, 0.2) is 28.9 Å². The SMILES string of the molecule is CCn1ncc(Br)c1C(=O)c1cccc(N)c1C. The zero-order valence-corrected chi connectivity index (χ0v) is 11.9. The third-order valence-electron chi connectivity index (χ3n) is 2.93. The van der Waals surface area contributed by atoms with Crippen molar-refractivity contribution in [2.75, 3.05) is 5.73 Å². The number of nitrogen functional groups attached to an aromatic ring is 1. The van der Waals surface area contributed by atoms with Crippen LogP contribution in [-0.2, 0) is 6.54 Å². The summed E-state index contributed by atoms with van der Waals surface area (Å²) in [5, 5.41) is 4.15. The Balaban J connectivity index is 2.55. The normalized spacial score (nSPS) is 10.6. The number of carbonyl (C=O) groups excluding carboxylic acids is 1. The van der Waals surface area contributed by atoms with Crippen LogP contribution < -0.4 is 5.73 Å². The Morgan fingerprint density at radius 2 is 2.22 bits per heavy atom. The highest BCUT2D eigenvalue weighted by atomic mass is 79.9. The van der Waals surface area contributed by atoms with Crippen molar-refractivity contribution in [2.45, 2.75) is 20.4 Å². The molecule has 1 aromatic heterocycles. The Bertz CT molecular complexity index is 604. The molecule has 0 amide bonds. The quantitative estimate of drug-likeness (QED) is 0.700. The highest BCUT2D eigenvalue weighted by Crippen LogP contribution is 2.23. The first-order chi connectivity index (χ1) is 8.56. The minimum absolute atomic E-state index is 0.0639. The number of ketones is 1. The molecule has 2 rings (SSSR count). The van der Waals surface area contributed by atoms with Crippen molar-refractivity contribution in [3.05, 3.63) is 45.7 Å². The van der Waals surface area contributed by atoms with E-state index in [0.29, 0.717) is 28.0 Å². The van der Waals surface area contributed by atoms with E-state index in [-0.39, 0.29) is 5.78 Å². The van der Waals surface area contributed by atoms with Gasteiger partial charge >= 0.3 is 0 Å². The second-order valence-corrected chi connectivity index (χ2v) is 4.86. The summed E-state index contributed by atoms with van der Waals surface area (Å²) in [5.74, 6) is -0.0639. The molecule has 0 spiro atoms. The lowest BCUT2D eigenvalue weighted by molar-refractivity contribution is 0.102. The number of halogens is 1. The van der Waals surface area contributed by atoms with E-state index in [9.17, 15) is 4.79 Å². The van der Waals surface area contributed by atoms with Crippen molar-refractivity contribution in [2.24, 2.45) is 0 Å². The van der Waals surface area contributed by atoms with Crippen LogP contribution in [0.4, 0.5) is 5.69 Å². The second kappa shape index (κ2) is 4.94. The first kappa shape index (κ1) is 12.8. The number of nitrogens with zero attached hydrogens (tertiary/aromatic N) is 2. The van der Waals surface area contributed by atoms with Crippen LogP contribution in [0.2, 0.25) is 0 Å². The minimum Gasteiger partial charge on any atom is -0.398 e. The van der Waals surface area contributed by atoms with Crippen LogP contribution in [0, 0.1) is 6.92 Å². The minimum atomic E-state index is -0.0639. The topological polar surface area (TPSA) is 60.9 Å². The maximum absolute atomic E-state index is 12.5. The highest BCUT2D eigenvalue weighted by molar-refractivity contribution is 9.10. The van der Waals surface area contributed by atoms with E-state index in [0.717, 1.165) is 5.56 Å². The summed E-state index contributed by atoms with van der Waals surface area (Å²) < 4.78 is 2.38. The fraction of sp³-hybridized carbons (Fsp3) is 0.231. The van der Waals surface area contributed by atoms with Gasteiger partial charge in [-0.3, -0.25) is 9.48 Å². The van der Waals surface area contributed by atoms with E-state index in [1.54, 1.807) is 29.1 Å². The van der Waals surface area contributed by atoms with Gasteiger partial charge in [-0.15, -0.1) is 0 Å². The van der Waals surface area contributed by atoms with Gasteiger partial charge in [-0.2, -0.15) is 5.10 Å². The number of rotatable bonds is 3. The lowest BCUT2D eigenvalue weighted by Crippen LogP contribution is -2.13. The maximum Gasteiger partial charge on any atom is 0.212 e. The van der Waals surface area contributed by atoms with Gasteiger partial charge in [-0.1, -0.05) is 12.1 Å². The molecule has 0 aliphatic carbocycles. The van der Waals surface area contributed by atoms with Gasteiger partial charge in [0.15, 0.2) is 0 Å². The summed E-state index contributed by atoms with van der Waals surface area (Å²) in [4.78, 5) is 12.5. The van der Waals surface area contributed by atoms with Gasteiger partial charge in [0, 0.05) is 17.8 Å². The van der Waals surface area contributed by atoms with Crippen molar-refractivity contribution in [3.8, 4) is 0 Å². The van der Waals surface area contributed by atoms with E-state index in [1.807, 2.05) is 13.8 Å². The van der Waals surface area contributed by atoms with Crippen LogP contribution in [0.1, 0.15) is 28.5 Å². The fourth-order valence-corrected chi connectivity index (χ4v) is 2.33. The number of hydrogen-bond donors (Lipinski definition) is 1. The van der Waals surface area contributed by atoms with Gasteiger partial charge in [0.25, 0.3) is 0 Å². The van der Waals surface area contributed by atoms with Crippen LogP contribution in [0.5, 0.6) is 0 Å². The molecule has 0 fully saturated rings. The van der Waals surface area contributed by atoms with E-state index in [4.69, 9.17) is 5.73 Å². The number of carbonyl (C=O) groups is 1. The number of aryl methyl sites for hydroxylation is 1.